The predicted octanol–water partition coefficient (Wildman–Crippen LogP) is 4.99. The summed E-state index contributed by atoms with van der Waals surface area (Å²) in [4.78, 5) is 14.8. The topological polar surface area (TPSA) is 40.5 Å². The normalized spacial score (nSPS) is 19.1. The fraction of sp³-hybridized carbons (Fsp3) is 0.409. The van der Waals surface area contributed by atoms with E-state index in [1.54, 1.807) is 4.90 Å². The Kier molecular flexibility index (Phi) is 4.12. The van der Waals surface area contributed by atoms with E-state index >= 15 is 0 Å². The fourth-order valence-corrected chi connectivity index (χ4v) is 4.24. The van der Waals surface area contributed by atoms with Crippen LogP contribution in [0.4, 0.5) is 0 Å². The lowest BCUT2D eigenvalue weighted by atomic mass is 9.89. The number of carbonyl (C=O) groups is 1. The molecule has 0 radical (unpaired) electrons. The molecule has 1 aliphatic heterocycles. The van der Waals surface area contributed by atoms with Crippen molar-refractivity contribution in [2.24, 2.45) is 5.92 Å². The summed E-state index contributed by atoms with van der Waals surface area (Å²) in [6.07, 6.45) is 7.78. The molecule has 1 amide bonds. The van der Waals surface area contributed by atoms with Crippen LogP contribution in [0.2, 0.25) is 0 Å². The molecule has 0 spiro atoms. The lowest BCUT2D eigenvalue weighted by molar-refractivity contribution is -0.00282. The van der Waals surface area contributed by atoms with Gasteiger partial charge < -0.3 is 10.0 Å². The SMILES string of the molecule is CCCCC(CC)CN1C(=O)c2ccc3c4c(ccc(c24)C1O)C=C3. The summed E-state index contributed by atoms with van der Waals surface area (Å²) < 4.78 is 0. The zero-order valence-electron chi connectivity index (χ0n) is 15.0. The number of aliphatic hydroxyl groups excluding tert-OH is 1. The molecule has 2 unspecified atom stereocenters. The van der Waals surface area contributed by atoms with E-state index in [1.165, 1.54) is 6.42 Å². The van der Waals surface area contributed by atoms with Gasteiger partial charge in [0.05, 0.1) is 0 Å². The van der Waals surface area contributed by atoms with Crippen LogP contribution >= 0.6 is 0 Å². The van der Waals surface area contributed by atoms with Crippen molar-refractivity contribution in [3.05, 3.63) is 46.5 Å². The highest BCUT2D eigenvalue weighted by molar-refractivity contribution is 6.16. The fourth-order valence-electron chi connectivity index (χ4n) is 4.24. The van der Waals surface area contributed by atoms with Gasteiger partial charge in [0.15, 0.2) is 6.23 Å². The van der Waals surface area contributed by atoms with E-state index in [-0.39, 0.29) is 5.91 Å². The number of unbranched alkanes of at least 4 members (excludes halogenated alkanes) is 1. The van der Waals surface area contributed by atoms with E-state index < -0.39 is 6.23 Å². The smallest absolute Gasteiger partial charge is 0.256 e. The number of aliphatic hydroxyl groups is 1. The molecule has 2 aromatic carbocycles. The zero-order valence-corrected chi connectivity index (χ0v) is 15.0. The molecule has 130 valence electrons. The quantitative estimate of drug-likeness (QED) is 0.689. The molecule has 1 heterocycles. The Morgan fingerprint density at radius 3 is 2.48 bits per heavy atom. The van der Waals surface area contributed by atoms with E-state index in [9.17, 15) is 9.90 Å². The summed E-state index contributed by atoms with van der Waals surface area (Å²) >= 11 is 0. The summed E-state index contributed by atoms with van der Waals surface area (Å²) in [5.74, 6) is 0.400. The van der Waals surface area contributed by atoms with Gasteiger partial charge in [0.2, 0.25) is 0 Å². The van der Waals surface area contributed by atoms with Crippen molar-refractivity contribution >= 4 is 28.8 Å². The number of hydrogen-bond acceptors (Lipinski definition) is 2. The van der Waals surface area contributed by atoms with E-state index in [1.807, 2.05) is 18.2 Å². The molecule has 0 fully saturated rings. The molecule has 0 saturated heterocycles. The molecule has 0 bridgehead atoms. The maximum atomic E-state index is 13.1. The van der Waals surface area contributed by atoms with Crippen molar-refractivity contribution in [1.29, 1.82) is 0 Å². The summed E-state index contributed by atoms with van der Waals surface area (Å²) in [6, 6.07) is 7.99. The standard InChI is InChI=1S/C22H25NO2/c1-3-5-6-14(4-2)13-23-21(24)17-11-9-15-7-8-16-10-12-18(22(23)25)20(17)19(15)16/h7-12,14,21,24H,3-6,13H2,1-2H3. The highest BCUT2D eigenvalue weighted by Crippen LogP contribution is 2.42. The summed E-state index contributed by atoms with van der Waals surface area (Å²) in [6.45, 7) is 4.98. The second-order valence-electron chi connectivity index (χ2n) is 7.28. The largest absolute Gasteiger partial charge is 0.369 e. The van der Waals surface area contributed by atoms with Crippen LogP contribution in [0.15, 0.2) is 24.3 Å². The average Bonchev–Trinajstić information content (AvgIpc) is 3.06. The van der Waals surface area contributed by atoms with Crippen LogP contribution in [-0.2, 0) is 0 Å². The second kappa shape index (κ2) is 6.30. The van der Waals surface area contributed by atoms with Gasteiger partial charge in [0.25, 0.3) is 5.91 Å². The lowest BCUT2D eigenvalue weighted by Crippen LogP contribution is -2.41. The minimum Gasteiger partial charge on any atom is -0.369 e. The molecule has 1 N–H and O–H groups in total. The van der Waals surface area contributed by atoms with Gasteiger partial charge in [-0.1, -0.05) is 63.5 Å². The Labute approximate surface area is 149 Å². The van der Waals surface area contributed by atoms with Crippen molar-refractivity contribution in [2.45, 2.75) is 45.8 Å². The van der Waals surface area contributed by atoms with Crippen molar-refractivity contribution in [3.63, 3.8) is 0 Å². The Morgan fingerprint density at radius 1 is 1.08 bits per heavy atom. The number of nitrogens with zero attached hydrogens (tertiary/aromatic N) is 1. The first-order valence-corrected chi connectivity index (χ1v) is 9.42. The summed E-state index contributed by atoms with van der Waals surface area (Å²) in [7, 11) is 0. The molecule has 25 heavy (non-hydrogen) atoms. The van der Waals surface area contributed by atoms with Crippen molar-refractivity contribution in [3.8, 4) is 0 Å². The van der Waals surface area contributed by atoms with Gasteiger partial charge in [-0.05, 0) is 34.9 Å². The first-order valence-electron chi connectivity index (χ1n) is 9.42. The predicted molar refractivity (Wildman–Crippen MR) is 102 cm³/mol. The van der Waals surface area contributed by atoms with Crippen LogP contribution in [0, 0.1) is 5.92 Å². The van der Waals surface area contributed by atoms with Gasteiger partial charge in [-0.25, -0.2) is 0 Å². The molecular formula is C22H25NO2. The molecule has 1 aliphatic carbocycles. The number of amides is 1. The van der Waals surface area contributed by atoms with Crippen LogP contribution in [0.5, 0.6) is 0 Å². The lowest BCUT2D eigenvalue weighted by Gasteiger charge is -2.36. The number of benzene rings is 2. The molecule has 0 aromatic heterocycles. The van der Waals surface area contributed by atoms with Gasteiger partial charge >= 0.3 is 0 Å². The number of rotatable bonds is 6. The van der Waals surface area contributed by atoms with Gasteiger partial charge in [0.1, 0.15) is 0 Å². The van der Waals surface area contributed by atoms with Gasteiger partial charge in [-0.3, -0.25) is 4.79 Å². The molecule has 4 rings (SSSR count). The number of carbonyl (C=O) groups excluding carboxylic acids is 1. The Hall–Kier alpha value is -2.13. The molecule has 2 aromatic rings. The molecule has 3 nitrogen and oxygen atoms in total. The van der Waals surface area contributed by atoms with Crippen LogP contribution in [-0.4, -0.2) is 22.5 Å². The number of hydrogen-bond donors (Lipinski definition) is 1. The maximum Gasteiger partial charge on any atom is 0.256 e. The highest BCUT2D eigenvalue weighted by Gasteiger charge is 2.35. The minimum atomic E-state index is -0.847. The van der Waals surface area contributed by atoms with Gasteiger partial charge in [-0.15, -0.1) is 0 Å². The molecule has 2 atom stereocenters. The van der Waals surface area contributed by atoms with Crippen molar-refractivity contribution in [2.75, 3.05) is 6.54 Å². The van der Waals surface area contributed by atoms with Gasteiger partial charge in [-0.2, -0.15) is 0 Å². The third kappa shape index (κ3) is 2.49. The van der Waals surface area contributed by atoms with E-state index in [4.69, 9.17) is 0 Å². The maximum absolute atomic E-state index is 13.1. The molecular weight excluding hydrogens is 310 g/mol. The van der Waals surface area contributed by atoms with E-state index in [0.717, 1.165) is 52.3 Å². The average molecular weight is 335 g/mol. The molecule has 3 heteroatoms. The summed E-state index contributed by atoms with van der Waals surface area (Å²) in [5.41, 5.74) is 3.87. The van der Waals surface area contributed by atoms with E-state index in [2.05, 4.69) is 32.1 Å². The highest BCUT2D eigenvalue weighted by atomic mass is 16.3. The Bertz CT molecular complexity index is 856. The molecule has 0 saturated carbocycles. The van der Waals surface area contributed by atoms with Crippen LogP contribution in [0.1, 0.15) is 72.8 Å². The summed E-state index contributed by atoms with van der Waals surface area (Å²) in [5, 5.41) is 13.0. The van der Waals surface area contributed by atoms with Crippen LogP contribution in [0.3, 0.4) is 0 Å². The first kappa shape index (κ1) is 16.3. The Morgan fingerprint density at radius 2 is 1.80 bits per heavy atom. The van der Waals surface area contributed by atoms with Gasteiger partial charge in [0, 0.05) is 23.1 Å². The van der Waals surface area contributed by atoms with E-state index in [0.29, 0.717) is 12.5 Å². The van der Waals surface area contributed by atoms with Crippen LogP contribution in [0.25, 0.3) is 22.9 Å². The third-order valence-corrected chi connectivity index (χ3v) is 5.76. The zero-order chi connectivity index (χ0) is 17.6. The third-order valence-electron chi connectivity index (χ3n) is 5.76. The first-order chi connectivity index (χ1) is 12.2. The van der Waals surface area contributed by atoms with Crippen molar-refractivity contribution < 1.29 is 9.90 Å². The second-order valence-corrected chi connectivity index (χ2v) is 7.28. The molecule has 2 aliphatic rings. The Balaban J connectivity index is 1.74. The monoisotopic (exact) mass is 335 g/mol. The van der Waals surface area contributed by atoms with Crippen molar-refractivity contribution in [1.82, 2.24) is 4.90 Å². The minimum absolute atomic E-state index is 0.0365. The van der Waals surface area contributed by atoms with Crippen LogP contribution < -0.4 is 0 Å².